The monoisotopic (exact) mass is 250 g/mol. The van der Waals surface area contributed by atoms with E-state index in [1.165, 1.54) is 0 Å². The predicted molar refractivity (Wildman–Crippen MR) is 42.9 cm³/mol. The molecule has 0 radical (unpaired) electrons. The van der Waals surface area contributed by atoms with Crippen molar-refractivity contribution in [2.24, 2.45) is 5.92 Å². The molecule has 0 N–H and O–H groups in total. The highest BCUT2D eigenvalue weighted by molar-refractivity contribution is 7.87. The molecule has 1 aliphatic carbocycles. The van der Waals surface area contributed by atoms with Crippen molar-refractivity contribution in [1.82, 2.24) is 0 Å². The SMILES string of the molecule is O=S(=O)(OC(F)C1CCCC1)C(F)(F)F. The molecule has 1 atom stereocenters. The molecule has 0 aromatic rings. The van der Waals surface area contributed by atoms with Gasteiger partial charge in [0.1, 0.15) is 0 Å². The van der Waals surface area contributed by atoms with Crippen LogP contribution in [-0.4, -0.2) is 20.3 Å². The van der Waals surface area contributed by atoms with Gasteiger partial charge in [-0.2, -0.15) is 21.6 Å². The number of hydrogen-bond acceptors (Lipinski definition) is 3. The van der Waals surface area contributed by atoms with Gasteiger partial charge in [-0.3, -0.25) is 0 Å². The van der Waals surface area contributed by atoms with Crippen LogP contribution in [0.4, 0.5) is 17.6 Å². The summed E-state index contributed by atoms with van der Waals surface area (Å²) in [5.74, 6) is -0.748. The van der Waals surface area contributed by atoms with E-state index < -0.39 is 27.9 Å². The maximum Gasteiger partial charge on any atom is 0.523 e. The number of alkyl halides is 4. The van der Waals surface area contributed by atoms with E-state index in [9.17, 15) is 26.0 Å². The van der Waals surface area contributed by atoms with Crippen LogP contribution in [0.25, 0.3) is 0 Å². The van der Waals surface area contributed by atoms with Crippen molar-refractivity contribution in [2.75, 3.05) is 0 Å². The Morgan fingerprint density at radius 2 is 1.67 bits per heavy atom. The normalized spacial score (nSPS) is 21.9. The molecule has 15 heavy (non-hydrogen) atoms. The molecule has 3 nitrogen and oxygen atoms in total. The van der Waals surface area contributed by atoms with Crippen LogP contribution in [0.5, 0.6) is 0 Å². The summed E-state index contributed by atoms with van der Waals surface area (Å²) in [6, 6.07) is 0. The van der Waals surface area contributed by atoms with E-state index in [4.69, 9.17) is 0 Å². The van der Waals surface area contributed by atoms with Crippen molar-refractivity contribution in [2.45, 2.75) is 37.5 Å². The highest BCUT2D eigenvalue weighted by atomic mass is 32.2. The summed E-state index contributed by atoms with van der Waals surface area (Å²) in [6.07, 6.45) is -0.316. The lowest BCUT2D eigenvalue weighted by Crippen LogP contribution is -2.31. The molecule has 0 aromatic heterocycles. The van der Waals surface area contributed by atoms with Crippen LogP contribution >= 0.6 is 0 Å². The van der Waals surface area contributed by atoms with Crippen molar-refractivity contribution in [3.05, 3.63) is 0 Å². The van der Waals surface area contributed by atoms with Crippen LogP contribution in [0, 0.1) is 5.92 Å². The lowest BCUT2D eigenvalue weighted by molar-refractivity contribution is -0.0711. The van der Waals surface area contributed by atoms with Gasteiger partial charge in [0, 0.05) is 5.92 Å². The van der Waals surface area contributed by atoms with E-state index in [0.717, 1.165) is 0 Å². The van der Waals surface area contributed by atoms with Crippen molar-refractivity contribution >= 4 is 10.1 Å². The van der Waals surface area contributed by atoms with Crippen LogP contribution in [0.2, 0.25) is 0 Å². The summed E-state index contributed by atoms with van der Waals surface area (Å²) in [5.41, 5.74) is -5.56. The van der Waals surface area contributed by atoms with Crippen molar-refractivity contribution in [3.8, 4) is 0 Å². The van der Waals surface area contributed by atoms with Gasteiger partial charge in [-0.1, -0.05) is 12.8 Å². The lowest BCUT2D eigenvalue weighted by Gasteiger charge is -2.16. The Morgan fingerprint density at radius 3 is 2.07 bits per heavy atom. The second-order valence-electron chi connectivity index (χ2n) is 3.39. The van der Waals surface area contributed by atoms with Gasteiger partial charge in [0.05, 0.1) is 0 Å². The quantitative estimate of drug-likeness (QED) is 0.438. The molecule has 0 amide bonds. The highest BCUT2D eigenvalue weighted by Gasteiger charge is 2.49. The zero-order chi connectivity index (χ0) is 11.7. The fourth-order valence-electron chi connectivity index (χ4n) is 1.47. The molecule has 0 aliphatic heterocycles. The Labute approximate surface area is 84.5 Å². The molecule has 0 saturated heterocycles. The largest absolute Gasteiger partial charge is 0.523 e. The maximum atomic E-state index is 13.0. The van der Waals surface area contributed by atoms with Crippen LogP contribution in [0.1, 0.15) is 25.7 Å². The Bertz CT molecular complexity index is 305. The topological polar surface area (TPSA) is 43.4 Å². The van der Waals surface area contributed by atoms with E-state index >= 15 is 0 Å². The molecule has 0 bridgehead atoms. The Hall–Kier alpha value is -0.370. The lowest BCUT2D eigenvalue weighted by atomic mass is 10.1. The molecule has 1 fully saturated rings. The number of rotatable bonds is 3. The van der Waals surface area contributed by atoms with Gasteiger partial charge < -0.3 is 0 Å². The Morgan fingerprint density at radius 1 is 1.20 bits per heavy atom. The van der Waals surface area contributed by atoms with E-state index in [-0.39, 0.29) is 0 Å². The zero-order valence-electron chi connectivity index (χ0n) is 7.63. The molecule has 1 unspecified atom stereocenters. The standard InChI is InChI=1S/C7H10F4O3S/c8-6(5-3-1-2-4-5)14-15(12,13)7(9,10)11/h5-6H,1-4H2. The molecule has 1 rings (SSSR count). The molecule has 90 valence electrons. The minimum Gasteiger partial charge on any atom is -0.226 e. The van der Waals surface area contributed by atoms with Crippen molar-refractivity contribution in [1.29, 1.82) is 0 Å². The molecule has 0 heterocycles. The Kier molecular flexibility index (Phi) is 3.59. The third-order valence-electron chi connectivity index (χ3n) is 2.27. The smallest absolute Gasteiger partial charge is 0.226 e. The summed E-state index contributed by atoms with van der Waals surface area (Å²) in [4.78, 5) is 0. The van der Waals surface area contributed by atoms with E-state index in [1.54, 1.807) is 0 Å². The van der Waals surface area contributed by atoms with Gasteiger partial charge in [-0.15, -0.1) is 0 Å². The second-order valence-corrected chi connectivity index (χ2v) is 4.96. The summed E-state index contributed by atoms with van der Waals surface area (Å²) in [7, 11) is -5.81. The fraction of sp³-hybridized carbons (Fsp3) is 1.00. The summed E-state index contributed by atoms with van der Waals surface area (Å²) in [5, 5.41) is 0. The van der Waals surface area contributed by atoms with Gasteiger partial charge in [0.2, 0.25) is 6.36 Å². The first-order valence-corrected chi connectivity index (χ1v) is 5.78. The van der Waals surface area contributed by atoms with Crippen LogP contribution < -0.4 is 0 Å². The third-order valence-corrected chi connectivity index (χ3v) is 3.28. The molecular formula is C7H10F4O3S. The molecule has 1 saturated carbocycles. The van der Waals surface area contributed by atoms with E-state index in [1.807, 2.05) is 0 Å². The van der Waals surface area contributed by atoms with Gasteiger partial charge in [0.15, 0.2) is 0 Å². The molecule has 8 heteroatoms. The van der Waals surface area contributed by atoms with Gasteiger partial charge >= 0.3 is 15.6 Å². The summed E-state index contributed by atoms with van der Waals surface area (Å²) in [6.45, 7) is 0. The third kappa shape index (κ3) is 3.04. The average Bonchev–Trinajstić information content (AvgIpc) is 2.51. The van der Waals surface area contributed by atoms with Crippen LogP contribution in [0.3, 0.4) is 0 Å². The maximum absolute atomic E-state index is 13.0. The van der Waals surface area contributed by atoms with Gasteiger partial charge in [-0.25, -0.2) is 8.57 Å². The molecule has 1 aliphatic rings. The van der Waals surface area contributed by atoms with E-state index in [2.05, 4.69) is 4.18 Å². The summed E-state index contributed by atoms with van der Waals surface area (Å²) >= 11 is 0. The summed E-state index contributed by atoms with van der Waals surface area (Å²) < 4.78 is 72.8. The van der Waals surface area contributed by atoms with Gasteiger partial charge in [0.25, 0.3) is 0 Å². The first-order valence-electron chi connectivity index (χ1n) is 4.37. The number of hydrogen-bond donors (Lipinski definition) is 0. The zero-order valence-corrected chi connectivity index (χ0v) is 8.44. The van der Waals surface area contributed by atoms with E-state index in [0.29, 0.717) is 25.7 Å². The molecular weight excluding hydrogens is 240 g/mol. The molecule has 0 spiro atoms. The number of halogens is 4. The highest BCUT2D eigenvalue weighted by Crippen LogP contribution is 2.33. The van der Waals surface area contributed by atoms with Gasteiger partial charge in [-0.05, 0) is 12.8 Å². The molecule has 0 aromatic carbocycles. The second kappa shape index (κ2) is 4.25. The first-order chi connectivity index (χ1) is 6.74. The minimum atomic E-state index is -5.81. The first kappa shape index (κ1) is 12.7. The minimum absolute atomic E-state index is 0.356. The van der Waals surface area contributed by atoms with Crippen molar-refractivity contribution < 1.29 is 30.2 Å². The average molecular weight is 250 g/mol. The predicted octanol–water partition coefficient (Wildman–Crippen LogP) is 2.34. The fourth-order valence-corrected chi connectivity index (χ4v) is 1.98. The van der Waals surface area contributed by atoms with Crippen LogP contribution in [0.15, 0.2) is 0 Å². The van der Waals surface area contributed by atoms with Crippen molar-refractivity contribution in [3.63, 3.8) is 0 Å². The van der Waals surface area contributed by atoms with Crippen LogP contribution in [-0.2, 0) is 14.3 Å². The Balaban J connectivity index is 2.61.